The number of likely N-dealkylation sites (tertiary alicyclic amines) is 1. The van der Waals surface area contributed by atoms with Gasteiger partial charge in [-0.2, -0.15) is 0 Å². The van der Waals surface area contributed by atoms with Crippen molar-refractivity contribution >= 4 is 71.2 Å². The van der Waals surface area contributed by atoms with Gasteiger partial charge in [-0.3, -0.25) is 33.6 Å². The van der Waals surface area contributed by atoms with Crippen LogP contribution in [0.2, 0.25) is 0 Å². The van der Waals surface area contributed by atoms with Crippen molar-refractivity contribution in [2.24, 2.45) is 101 Å². The molecule has 25 heteroatoms. The fourth-order valence-electron chi connectivity index (χ4n) is 17.4. The van der Waals surface area contributed by atoms with Crippen LogP contribution in [0, 0.1) is 101 Å². The molecule has 1 aliphatic heterocycles. The van der Waals surface area contributed by atoms with Gasteiger partial charge in [-0.25, -0.2) is 24.0 Å². The van der Waals surface area contributed by atoms with E-state index in [0.717, 1.165) is 71.9 Å². The van der Waals surface area contributed by atoms with Gasteiger partial charge in [-0.1, -0.05) is 333 Å². The maximum absolute atomic E-state index is 13.0. The number of nitrogens with one attached hydrogen (secondary N) is 6. The number of phenolic OH excluding ortho intramolecular Hbond substituents is 1. The first-order chi connectivity index (χ1) is 70.8. The number of amides is 7. The van der Waals surface area contributed by atoms with Gasteiger partial charge in [-0.05, 0) is 228 Å². The van der Waals surface area contributed by atoms with Gasteiger partial charge in [0, 0.05) is 72.9 Å². The summed E-state index contributed by atoms with van der Waals surface area (Å²) < 4.78 is 24.9. The molecule has 0 aromatic heterocycles. The van der Waals surface area contributed by atoms with Crippen molar-refractivity contribution in [3.05, 3.63) is 245 Å². The molecule has 1 saturated heterocycles. The van der Waals surface area contributed by atoms with Crippen LogP contribution in [0.3, 0.4) is 0 Å². The molecule has 0 radical (unpaired) electrons. The summed E-state index contributed by atoms with van der Waals surface area (Å²) in [7, 11) is 2.74. The van der Waals surface area contributed by atoms with Gasteiger partial charge in [0.05, 0.1) is 34.0 Å². The molecule has 0 spiro atoms. The summed E-state index contributed by atoms with van der Waals surface area (Å²) in [5.41, 5.74) is 7.55. The van der Waals surface area contributed by atoms with Gasteiger partial charge in [0.25, 0.3) is 0 Å². The first-order valence-electron chi connectivity index (χ1n) is 54.6. The number of rotatable bonds is 48. The number of aromatic hydroxyl groups is 1. The highest BCUT2D eigenvalue weighted by molar-refractivity contribution is 5.90. The summed E-state index contributed by atoms with van der Waals surface area (Å²) in [6.07, 6.45) is 12.9. The summed E-state index contributed by atoms with van der Waals surface area (Å²) in [5.74, 6) is 1.10. The lowest BCUT2D eigenvalue weighted by Crippen LogP contribution is -2.47. The Hall–Kier alpha value is -12.0. The molecule has 2 saturated carbocycles. The fraction of sp³-hybridized carbons (Fsp3) is 0.565. The topological polar surface area (TPSA) is 347 Å². The van der Waals surface area contributed by atoms with Crippen LogP contribution in [0.1, 0.15) is 263 Å². The van der Waals surface area contributed by atoms with Crippen LogP contribution >= 0.6 is 0 Å². The SMILES string of the molecule is CC(C)C(Cc1ccccc1)C(=O)NC1CC1.CC(C)CC(C(=O)NC1CC1)C(C)C.CCOC(=O)[C@H](C)NC(=O)C(CC(C)C)C(C)C.CCOC(=O)[C@H](Cc1ccc(O)cc1)NC(=O)C(Cc1ccccc1)C(C)C.CCOC(=O)[C@H](Cc1ccccc1)NC(=O)C(Cc1ccccc1)C(C)C.COC(=O)[C@@H]1CCCN1C(=O)C(Cc1ccccc1)C(C)C.COC(=O)[C@H](CC(C)C)NC(=O)C(Cc1ccccc1)C(C)C. The molecular weight excluding hydrogens is 1880 g/mol. The Kier molecular flexibility index (Phi) is 60.8. The summed E-state index contributed by atoms with van der Waals surface area (Å²) >= 11 is 0. The van der Waals surface area contributed by atoms with Gasteiger partial charge >= 0.3 is 29.8 Å². The number of ether oxygens (including phenoxy) is 5. The molecule has 7 N–H and O–H groups in total. The van der Waals surface area contributed by atoms with Crippen molar-refractivity contribution < 1.29 is 86.3 Å². The molecule has 3 aliphatic rings. The molecule has 12 atom stereocenters. The number of nitrogens with zero attached hydrogens (tertiary/aromatic N) is 1. The number of carbonyl (C=O) groups excluding carboxylic acids is 12. The van der Waals surface area contributed by atoms with E-state index in [0.29, 0.717) is 106 Å². The predicted molar refractivity (Wildman–Crippen MR) is 594 cm³/mol. The van der Waals surface area contributed by atoms with E-state index >= 15 is 0 Å². The van der Waals surface area contributed by atoms with Crippen LogP contribution in [-0.4, -0.2) is 164 Å². The molecule has 7 aromatic rings. The van der Waals surface area contributed by atoms with Crippen molar-refractivity contribution in [2.75, 3.05) is 40.6 Å². The van der Waals surface area contributed by atoms with Gasteiger partial charge in [0.2, 0.25) is 41.4 Å². The van der Waals surface area contributed by atoms with E-state index in [1.54, 1.807) is 56.9 Å². The Morgan fingerprint density at radius 1 is 0.295 bits per heavy atom. The highest BCUT2D eigenvalue weighted by Gasteiger charge is 2.40. The van der Waals surface area contributed by atoms with Crippen LogP contribution in [-0.2, 0) is 126 Å². The number of carbonyl (C=O) groups is 12. The minimum atomic E-state index is -0.769. The van der Waals surface area contributed by atoms with Gasteiger partial charge < -0.3 is 65.6 Å². The average molecular weight is 2060 g/mol. The van der Waals surface area contributed by atoms with E-state index in [1.807, 2.05) is 239 Å². The standard InChI is InChI=1S/C23H29NO4.C23H29NO3.C19H29NO3.C18H25NO3.C15H21NO.C14H27NO3.C12H23NO/c1-4-28-23(27)21(15-18-10-12-19(25)13-11-18)24-22(26)20(16(2)3)14-17-8-6-5-7-9-17;1-4-27-23(26)21(16-19-13-9-6-10-14-19)24-22(25)20(17(2)3)15-18-11-7-5-8-12-18;1-13(2)11-17(19(22)23-5)20-18(21)16(14(3)4)12-15-9-7-6-8-10-15;1-13(2)15(12-14-8-5-4-6-9-14)17(20)19-11-7-10-16(19)18(21)22-3;1-11(2)14(15(17)16-13-8-9-13)10-12-6-4-3-5-7-12;1-7-18-14(17)11(6)15-13(16)12(10(4)5)8-9(2)3;1-8(2)7-11(9(3)4)12(14)13-10-5-6-10/h5-13,16,20-21,25H,4,14-15H2,1-3H3,(H,24,26);5-14,17,20-21H,4,15-16H2,1-3H3,(H,24,25);6-10,13-14,16-17H,11-12H2,1-5H3,(H,20,21);4-6,8-9,13,15-16H,7,10-12H2,1-3H3;3-7,11,13-14H,8-10H2,1-2H3,(H,16,17);9-12H,7-8H2,1-6H3,(H,15,16);8-11H,5-7H2,1-4H3,(H,13,14)/t2*20?,21-;16?,17-;15?,16-;;11-,12?;/m0000.0./s1. The second-order valence-electron chi connectivity index (χ2n) is 43.3. The van der Waals surface area contributed by atoms with Crippen LogP contribution in [0.25, 0.3) is 0 Å². The van der Waals surface area contributed by atoms with Crippen LogP contribution in [0.15, 0.2) is 206 Å². The smallest absolute Gasteiger partial charge is 0.328 e. The van der Waals surface area contributed by atoms with E-state index in [1.165, 1.54) is 32.6 Å². The highest BCUT2D eigenvalue weighted by Crippen LogP contribution is 2.31. The number of benzene rings is 7. The predicted octanol–water partition coefficient (Wildman–Crippen LogP) is 20.9. The summed E-state index contributed by atoms with van der Waals surface area (Å²) in [4.78, 5) is 149. The number of hydrogen-bond acceptors (Lipinski definition) is 18. The lowest BCUT2D eigenvalue weighted by Gasteiger charge is -2.29. The Balaban J connectivity index is 0.000000366. The molecule has 7 amide bonds. The quantitative estimate of drug-likeness (QED) is 0.0138. The van der Waals surface area contributed by atoms with Crippen LogP contribution in [0.4, 0.5) is 0 Å². The minimum Gasteiger partial charge on any atom is -0.508 e. The molecule has 2 aliphatic carbocycles. The lowest BCUT2D eigenvalue weighted by atomic mass is 9.87. The first kappa shape index (κ1) is 129. The third-order valence-electron chi connectivity index (χ3n) is 26.7. The number of hydrogen-bond donors (Lipinski definition) is 7. The number of esters is 5. The second-order valence-corrected chi connectivity index (χ2v) is 43.3. The molecule has 7 aromatic carbocycles. The molecule has 1 heterocycles. The molecule has 3 fully saturated rings. The fourth-order valence-corrected chi connectivity index (χ4v) is 17.4. The zero-order valence-corrected chi connectivity index (χ0v) is 94.5. The Morgan fingerprint density at radius 2 is 0.564 bits per heavy atom. The van der Waals surface area contributed by atoms with Crippen molar-refractivity contribution in [1.82, 2.24) is 36.8 Å². The van der Waals surface area contributed by atoms with E-state index < -0.39 is 42.1 Å². The summed E-state index contributed by atoms with van der Waals surface area (Å²) in [6.45, 7) is 49.9. The normalized spacial score (nSPS) is 15.2. The largest absolute Gasteiger partial charge is 0.508 e. The van der Waals surface area contributed by atoms with Crippen molar-refractivity contribution in [1.29, 1.82) is 0 Å². The highest BCUT2D eigenvalue weighted by atomic mass is 16.5. The van der Waals surface area contributed by atoms with Gasteiger partial charge in [-0.15, -0.1) is 0 Å². The third-order valence-corrected chi connectivity index (χ3v) is 26.7. The van der Waals surface area contributed by atoms with E-state index in [2.05, 4.69) is 113 Å². The maximum atomic E-state index is 13.0. The van der Waals surface area contributed by atoms with Gasteiger partial charge in [0.15, 0.2) is 0 Å². The Bertz CT molecular complexity index is 5010. The van der Waals surface area contributed by atoms with Crippen molar-refractivity contribution in [3.63, 3.8) is 0 Å². The van der Waals surface area contributed by atoms with Crippen LogP contribution < -0.4 is 31.9 Å². The summed E-state index contributed by atoms with van der Waals surface area (Å²) in [6, 6.07) is 64.3. The summed E-state index contributed by atoms with van der Waals surface area (Å²) in [5, 5.41) is 27.1. The zero-order chi connectivity index (χ0) is 111. The molecule has 7 unspecified atom stereocenters. The molecule has 10 rings (SSSR count). The first-order valence-corrected chi connectivity index (χ1v) is 54.6. The molecule has 149 heavy (non-hydrogen) atoms. The van der Waals surface area contributed by atoms with Crippen LogP contribution in [0.5, 0.6) is 5.75 Å². The van der Waals surface area contributed by atoms with Crippen molar-refractivity contribution in [2.45, 2.75) is 311 Å². The zero-order valence-electron chi connectivity index (χ0n) is 94.5. The average Bonchev–Trinajstić information content (AvgIpc) is 1.70. The maximum Gasteiger partial charge on any atom is 0.328 e. The Labute approximate surface area is 892 Å². The molecule has 25 nitrogen and oxygen atoms in total. The molecule has 0 bridgehead atoms. The van der Waals surface area contributed by atoms with E-state index in [4.69, 9.17) is 23.7 Å². The van der Waals surface area contributed by atoms with Gasteiger partial charge in [0.1, 0.15) is 36.0 Å². The second kappa shape index (κ2) is 70.1. The minimum absolute atomic E-state index is 0.0538. The lowest BCUT2D eigenvalue weighted by molar-refractivity contribution is -0.153. The molecule has 822 valence electrons. The van der Waals surface area contributed by atoms with Crippen molar-refractivity contribution in [3.8, 4) is 5.75 Å². The Morgan fingerprint density at radius 3 is 0.852 bits per heavy atom. The molecular formula is C124H183N7O18. The van der Waals surface area contributed by atoms with E-state index in [-0.39, 0.29) is 149 Å². The monoisotopic (exact) mass is 2060 g/mol. The third kappa shape index (κ3) is 50.9. The van der Waals surface area contributed by atoms with E-state index in [9.17, 15) is 62.6 Å². The number of phenols is 1. The number of methoxy groups -OCH3 is 2.